The fraction of sp³-hybridized carbons (Fsp3) is 0.417. The van der Waals surface area contributed by atoms with Gasteiger partial charge in [0, 0.05) is 6.42 Å². The molecule has 0 radical (unpaired) electrons. The van der Waals surface area contributed by atoms with E-state index in [4.69, 9.17) is 14.6 Å². The van der Waals surface area contributed by atoms with Crippen molar-refractivity contribution in [1.29, 1.82) is 0 Å². The second kappa shape index (κ2) is 5.16. The molecule has 0 aliphatic carbocycles. The first kappa shape index (κ1) is 11.9. The molecule has 1 aromatic carbocycles. The number of rotatable bonds is 4. The first-order chi connectivity index (χ1) is 8.16. The standard InChI is InChI=1S/C12H14O5/c13-11(12(14)15)8-1-3-9(4-2-8)17-10-5-6-16-7-10/h1-4,10-11,13H,5-7H2,(H,14,15). The maximum absolute atomic E-state index is 10.6. The van der Waals surface area contributed by atoms with Gasteiger partial charge in [-0.3, -0.25) is 0 Å². The van der Waals surface area contributed by atoms with Gasteiger partial charge in [-0.2, -0.15) is 0 Å². The summed E-state index contributed by atoms with van der Waals surface area (Å²) in [6.07, 6.45) is -0.566. The topological polar surface area (TPSA) is 76.0 Å². The van der Waals surface area contributed by atoms with E-state index in [1.165, 1.54) is 0 Å². The van der Waals surface area contributed by atoms with Crippen molar-refractivity contribution >= 4 is 5.97 Å². The summed E-state index contributed by atoms with van der Waals surface area (Å²) in [5.41, 5.74) is 0.340. The predicted molar refractivity (Wildman–Crippen MR) is 58.9 cm³/mol. The highest BCUT2D eigenvalue weighted by atomic mass is 16.5. The van der Waals surface area contributed by atoms with Gasteiger partial charge in [0.15, 0.2) is 6.10 Å². The fourth-order valence-electron chi connectivity index (χ4n) is 1.67. The lowest BCUT2D eigenvalue weighted by atomic mass is 10.1. The Morgan fingerprint density at radius 2 is 2.12 bits per heavy atom. The number of hydrogen-bond acceptors (Lipinski definition) is 4. The number of aliphatic hydroxyl groups is 1. The van der Waals surface area contributed by atoms with Gasteiger partial charge >= 0.3 is 5.97 Å². The lowest BCUT2D eigenvalue weighted by molar-refractivity contribution is -0.146. The number of aliphatic hydroxyl groups excluding tert-OH is 1. The van der Waals surface area contributed by atoms with Crippen molar-refractivity contribution in [3.05, 3.63) is 29.8 Å². The van der Waals surface area contributed by atoms with Gasteiger partial charge in [0.1, 0.15) is 11.9 Å². The Kier molecular flexibility index (Phi) is 3.61. The first-order valence-electron chi connectivity index (χ1n) is 5.42. The van der Waals surface area contributed by atoms with E-state index in [-0.39, 0.29) is 6.10 Å². The number of aliphatic carboxylic acids is 1. The van der Waals surface area contributed by atoms with Gasteiger partial charge in [0.25, 0.3) is 0 Å². The smallest absolute Gasteiger partial charge is 0.337 e. The number of carboxylic acid groups (broad SMARTS) is 1. The Hall–Kier alpha value is -1.59. The highest BCUT2D eigenvalue weighted by molar-refractivity contribution is 5.74. The molecular formula is C12H14O5. The molecule has 2 N–H and O–H groups in total. The van der Waals surface area contributed by atoms with Gasteiger partial charge in [-0.05, 0) is 17.7 Å². The van der Waals surface area contributed by atoms with Crippen molar-refractivity contribution in [2.75, 3.05) is 13.2 Å². The SMILES string of the molecule is O=C(O)C(O)c1ccc(OC2CCOC2)cc1. The third-order valence-electron chi connectivity index (χ3n) is 2.62. The van der Waals surface area contributed by atoms with Gasteiger partial charge < -0.3 is 19.7 Å². The van der Waals surface area contributed by atoms with E-state index >= 15 is 0 Å². The maximum Gasteiger partial charge on any atom is 0.337 e. The van der Waals surface area contributed by atoms with Crippen LogP contribution in [0.3, 0.4) is 0 Å². The van der Waals surface area contributed by atoms with E-state index in [0.29, 0.717) is 24.5 Å². The van der Waals surface area contributed by atoms with Crippen molar-refractivity contribution < 1.29 is 24.5 Å². The molecule has 5 heteroatoms. The zero-order valence-electron chi connectivity index (χ0n) is 9.20. The number of hydrogen-bond donors (Lipinski definition) is 2. The summed E-state index contributed by atoms with van der Waals surface area (Å²) in [4.78, 5) is 10.6. The summed E-state index contributed by atoms with van der Waals surface area (Å²) in [6.45, 7) is 1.29. The molecule has 92 valence electrons. The van der Waals surface area contributed by atoms with Crippen molar-refractivity contribution in [1.82, 2.24) is 0 Å². The average Bonchev–Trinajstić information content (AvgIpc) is 2.82. The molecule has 0 saturated carbocycles. The molecule has 1 aromatic rings. The van der Waals surface area contributed by atoms with Crippen LogP contribution in [0.15, 0.2) is 24.3 Å². The summed E-state index contributed by atoms with van der Waals surface area (Å²) in [5, 5.41) is 17.9. The molecule has 0 bridgehead atoms. The molecule has 5 nitrogen and oxygen atoms in total. The van der Waals surface area contributed by atoms with Crippen molar-refractivity contribution in [3.8, 4) is 5.75 Å². The van der Waals surface area contributed by atoms with Gasteiger partial charge in [0.2, 0.25) is 0 Å². The monoisotopic (exact) mass is 238 g/mol. The van der Waals surface area contributed by atoms with E-state index < -0.39 is 12.1 Å². The van der Waals surface area contributed by atoms with E-state index in [9.17, 15) is 9.90 Å². The van der Waals surface area contributed by atoms with Crippen molar-refractivity contribution in [3.63, 3.8) is 0 Å². The van der Waals surface area contributed by atoms with Crippen LogP contribution in [-0.4, -0.2) is 35.5 Å². The largest absolute Gasteiger partial charge is 0.488 e. The van der Waals surface area contributed by atoms with Crippen LogP contribution in [0.25, 0.3) is 0 Å². The van der Waals surface area contributed by atoms with Crippen LogP contribution in [0.4, 0.5) is 0 Å². The lowest BCUT2D eigenvalue weighted by Crippen LogP contribution is -2.15. The minimum atomic E-state index is -1.49. The minimum Gasteiger partial charge on any atom is -0.488 e. The molecule has 1 aliphatic heterocycles. The first-order valence-corrected chi connectivity index (χ1v) is 5.42. The Morgan fingerprint density at radius 1 is 1.41 bits per heavy atom. The summed E-state index contributed by atoms with van der Waals surface area (Å²) in [6, 6.07) is 6.40. The second-order valence-corrected chi connectivity index (χ2v) is 3.91. The molecule has 1 aliphatic rings. The molecule has 17 heavy (non-hydrogen) atoms. The van der Waals surface area contributed by atoms with Gasteiger partial charge in [-0.25, -0.2) is 4.79 Å². The molecule has 1 heterocycles. The maximum atomic E-state index is 10.6. The molecule has 0 aromatic heterocycles. The Morgan fingerprint density at radius 3 is 2.65 bits per heavy atom. The predicted octanol–water partition coefficient (Wildman–Crippen LogP) is 0.972. The van der Waals surface area contributed by atoms with Crippen LogP contribution in [0.1, 0.15) is 18.1 Å². The van der Waals surface area contributed by atoms with Crippen LogP contribution >= 0.6 is 0 Å². The van der Waals surface area contributed by atoms with Crippen molar-refractivity contribution in [2.45, 2.75) is 18.6 Å². The Labute approximate surface area is 98.6 Å². The van der Waals surface area contributed by atoms with Gasteiger partial charge in [0.05, 0.1) is 13.2 Å². The van der Waals surface area contributed by atoms with E-state index in [1.807, 2.05) is 0 Å². The normalized spacial score (nSPS) is 21.1. The fourth-order valence-corrected chi connectivity index (χ4v) is 1.67. The molecular weight excluding hydrogens is 224 g/mol. The summed E-state index contributed by atoms with van der Waals surface area (Å²) >= 11 is 0. The molecule has 2 rings (SSSR count). The Bertz CT molecular complexity index is 380. The molecule has 2 atom stereocenters. The lowest BCUT2D eigenvalue weighted by Gasteiger charge is -2.12. The van der Waals surface area contributed by atoms with Crippen LogP contribution in [0, 0.1) is 0 Å². The summed E-state index contributed by atoms with van der Waals surface area (Å²) in [5.74, 6) is -0.607. The van der Waals surface area contributed by atoms with Crippen LogP contribution in [0.5, 0.6) is 5.75 Å². The molecule has 0 amide bonds. The number of carbonyl (C=O) groups is 1. The van der Waals surface area contributed by atoms with Crippen LogP contribution in [0.2, 0.25) is 0 Å². The average molecular weight is 238 g/mol. The number of ether oxygens (including phenoxy) is 2. The molecule has 1 saturated heterocycles. The number of carboxylic acids is 1. The summed E-state index contributed by atoms with van der Waals surface area (Å²) < 4.78 is 10.8. The quantitative estimate of drug-likeness (QED) is 0.817. The highest BCUT2D eigenvalue weighted by Gasteiger charge is 2.18. The zero-order chi connectivity index (χ0) is 12.3. The third kappa shape index (κ3) is 2.95. The summed E-state index contributed by atoms with van der Waals surface area (Å²) in [7, 11) is 0. The van der Waals surface area contributed by atoms with Gasteiger partial charge in [-0.15, -0.1) is 0 Å². The van der Waals surface area contributed by atoms with Crippen LogP contribution < -0.4 is 4.74 Å². The van der Waals surface area contributed by atoms with Crippen molar-refractivity contribution in [2.24, 2.45) is 0 Å². The third-order valence-corrected chi connectivity index (χ3v) is 2.62. The molecule has 2 unspecified atom stereocenters. The van der Waals surface area contributed by atoms with E-state index in [2.05, 4.69) is 0 Å². The molecule has 1 fully saturated rings. The second-order valence-electron chi connectivity index (χ2n) is 3.91. The molecule has 0 spiro atoms. The van der Waals surface area contributed by atoms with Crippen LogP contribution in [-0.2, 0) is 9.53 Å². The van der Waals surface area contributed by atoms with E-state index in [1.54, 1.807) is 24.3 Å². The van der Waals surface area contributed by atoms with Gasteiger partial charge in [-0.1, -0.05) is 12.1 Å². The number of benzene rings is 1. The van der Waals surface area contributed by atoms with E-state index in [0.717, 1.165) is 6.42 Å². The zero-order valence-corrected chi connectivity index (χ0v) is 9.20. The minimum absolute atomic E-state index is 0.0604. The Balaban J connectivity index is 1.99. The highest BCUT2D eigenvalue weighted by Crippen LogP contribution is 2.20.